The third kappa shape index (κ3) is 2.95. The minimum absolute atomic E-state index is 0.178. The summed E-state index contributed by atoms with van der Waals surface area (Å²) in [6.45, 7) is 1.88. The molecule has 0 fully saturated rings. The normalized spacial score (nSPS) is 12.2. The molecule has 0 bridgehead atoms. The van der Waals surface area contributed by atoms with Crippen molar-refractivity contribution in [2.45, 2.75) is 19.4 Å². The highest BCUT2D eigenvalue weighted by atomic mass is 16.3. The number of carbonyl (C=O) groups excluding carboxylic acids is 1. The van der Waals surface area contributed by atoms with Crippen LogP contribution in [0.15, 0.2) is 18.2 Å². The number of aromatic hydroxyl groups is 1. The Kier molecular flexibility index (Phi) is 3.68. The lowest BCUT2D eigenvalue weighted by atomic mass is 10.0. The Bertz CT molecular complexity index is 364. The van der Waals surface area contributed by atoms with Gasteiger partial charge in [0, 0.05) is 7.05 Å². The van der Waals surface area contributed by atoms with Crippen molar-refractivity contribution in [3.8, 4) is 5.75 Å². The van der Waals surface area contributed by atoms with E-state index in [0.717, 1.165) is 11.1 Å². The first-order valence-electron chi connectivity index (χ1n) is 4.80. The summed E-state index contributed by atoms with van der Waals surface area (Å²) in [6.07, 6.45) is 0.478. The monoisotopic (exact) mass is 208 g/mol. The van der Waals surface area contributed by atoms with Crippen molar-refractivity contribution in [1.29, 1.82) is 0 Å². The molecule has 0 saturated carbocycles. The second-order valence-corrected chi connectivity index (χ2v) is 3.54. The number of nitrogens with two attached hydrogens (primary N) is 1. The third-order valence-corrected chi connectivity index (χ3v) is 2.35. The molecule has 1 unspecified atom stereocenters. The maximum absolute atomic E-state index is 11.2. The predicted octanol–water partition coefficient (Wildman–Crippen LogP) is 0.316. The molecule has 0 aliphatic rings. The van der Waals surface area contributed by atoms with E-state index in [9.17, 15) is 9.90 Å². The first kappa shape index (κ1) is 11.5. The van der Waals surface area contributed by atoms with Crippen LogP contribution in [0.25, 0.3) is 0 Å². The average molecular weight is 208 g/mol. The Morgan fingerprint density at radius 3 is 2.80 bits per heavy atom. The molecule has 0 aromatic heterocycles. The smallest absolute Gasteiger partial charge is 0.237 e. The van der Waals surface area contributed by atoms with Crippen molar-refractivity contribution in [2.24, 2.45) is 5.73 Å². The van der Waals surface area contributed by atoms with Gasteiger partial charge >= 0.3 is 0 Å². The summed E-state index contributed by atoms with van der Waals surface area (Å²) in [6, 6.07) is 4.50. The molecule has 4 heteroatoms. The second kappa shape index (κ2) is 4.79. The molecule has 1 aromatic carbocycles. The summed E-state index contributed by atoms with van der Waals surface area (Å²) in [5.74, 6) is 0.0484. The number of carbonyl (C=O) groups is 1. The lowest BCUT2D eigenvalue weighted by molar-refractivity contribution is -0.121. The van der Waals surface area contributed by atoms with Gasteiger partial charge in [0.2, 0.25) is 5.91 Å². The molecule has 1 amide bonds. The SMILES string of the molecule is CNC(=O)C(N)Cc1ccc(O)cc1C. The Morgan fingerprint density at radius 2 is 2.27 bits per heavy atom. The molecule has 0 spiro atoms. The minimum atomic E-state index is -0.543. The molecule has 0 aliphatic carbocycles. The van der Waals surface area contributed by atoms with Crippen molar-refractivity contribution in [3.05, 3.63) is 29.3 Å². The standard InChI is InChI=1S/C11H16N2O2/c1-7-5-9(14)4-3-8(7)6-10(12)11(15)13-2/h3-5,10,14H,6,12H2,1-2H3,(H,13,15). The first-order chi connectivity index (χ1) is 7.04. The summed E-state index contributed by atoms with van der Waals surface area (Å²) in [7, 11) is 1.56. The van der Waals surface area contributed by atoms with Crippen molar-refractivity contribution < 1.29 is 9.90 Å². The van der Waals surface area contributed by atoms with E-state index in [1.165, 1.54) is 0 Å². The maximum atomic E-state index is 11.2. The van der Waals surface area contributed by atoms with Crippen LogP contribution in [0.2, 0.25) is 0 Å². The van der Waals surface area contributed by atoms with Gasteiger partial charge in [-0.2, -0.15) is 0 Å². The number of rotatable bonds is 3. The molecule has 0 radical (unpaired) electrons. The predicted molar refractivity (Wildman–Crippen MR) is 58.6 cm³/mol. The van der Waals surface area contributed by atoms with E-state index in [1.807, 2.05) is 6.92 Å². The van der Waals surface area contributed by atoms with Gasteiger partial charge in [0.15, 0.2) is 0 Å². The van der Waals surface area contributed by atoms with Crippen LogP contribution < -0.4 is 11.1 Å². The zero-order chi connectivity index (χ0) is 11.4. The fourth-order valence-electron chi connectivity index (χ4n) is 1.42. The molecular weight excluding hydrogens is 192 g/mol. The van der Waals surface area contributed by atoms with Gasteiger partial charge in [-0.25, -0.2) is 0 Å². The van der Waals surface area contributed by atoms with E-state index < -0.39 is 6.04 Å². The average Bonchev–Trinajstić information content (AvgIpc) is 2.20. The van der Waals surface area contributed by atoms with Gasteiger partial charge < -0.3 is 16.2 Å². The second-order valence-electron chi connectivity index (χ2n) is 3.54. The number of amides is 1. The highest BCUT2D eigenvalue weighted by Gasteiger charge is 2.13. The molecule has 82 valence electrons. The summed E-state index contributed by atoms with van der Waals surface area (Å²) in [5.41, 5.74) is 7.61. The Morgan fingerprint density at radius 1 is 1.60 bits per heavy atom. The van der Waals surface area contributed by atoms with Crippen LogP contribution in [-0.4, -0.2) is 24.1 Å². The van der Waals surface area contributed by atoms with Crippen molar-refractivity contribution >= 4 is 5.91 Å². The van der Waals surface area contributed by atoms with Crippen molar-refractivity contribution in [2.75, 3.05) is 7.05 Å². The molecule has 4 N–H and O–H groups in total. The van der Waals surface area contributed by atoms with E-state index >= 15 is 0 Å². The van der Waals surface area contributed by atoms with E-state index in [4.69, 9.17) is 5.73 Å². The van der Waals surface area contributed by atoms with E-state index in [1.54, 1.807) is 25.2 Å². The van der Waals surface area contributed by atoms with Crippen LogP contribution in [0.1, 0.15) is 11.1 Å². The number of likely N-dealkylation sites (N-methyl/N-ethyl adjacent to an activating group) is 1. The highest BCUT2D eigenvalue weighted by molar-refractivity contribution is 5.81. The van der Waals surface area contributed by atoms with Gasteiger partial charge in [-0.3, -0.25) is 4.79 Å². The van der Waals surface area contributed by atoms with Crippen LogP contribution in [0.4, 0.5) is 0 Å². The van der Waals surface area contributed by atoms with Crippen molar-refractivity contribution in [3.63, 3.8) is 0 Å². The molecule has 15 heavy (non-hydrogen) atoms. The lowest BCUT2D eigenvalue weighted by Gasteiger charge is -2.12. The van der Waals surface area contributed by atoms with Crippen LogP contribution in [-0.2, 0) is 11.2 Å². The fraction of sp³-hybridized carbons (Fsp3) is 0.364. The number of phenolic OH excluding ortho intramolecular Hbond substituents is 1. The van der Waals surface area contributed by atoms with Gasteiger partial charge in [-0.1, -0.05) is 6.07 Å². The van der Waals surface area contributed by atoms with Gasteiger partial charge in [0.25, 0.3) is 0 Å². The van der Waals surface area contributed by atoms with Crippen LogP contribution in [0.5, 0.6) is 5.75 Å². The largest absolute Gasteiger partial charge is 0.508 e. The number of benzene rings is 1. The van der Waals surface area contributed by atoms with Gasteiger partial charge in [-0.15, -0.1) is 0 Å². The first-order valence-corrected chi connectivity index (χ1v) is 4.80. The summed E-state index contributed by atoms with van der Waals surface area (Å²) in [4.78, 5) is 11.2. The summed E-state index contributed by atoms with van der Waals surface area (Å²) < 4.78 is 0. The number of phenols is 1. The number of hydrogen-bond donors (Lipinski definition) is 3. The Hall–Kier alpha value is -1.55. The molecule has 1 aromatic rings. The molecule has 0 heterocycles. The molecular formula is C11H16N2O2. The van der Waals surface area contributed by atoms with E-state index in [0.29, 0.717) is 6.42 Å². The van der Waals surface area contributed by atoms with Crippen LogP contribution in [0.3, 0.4) is 0 Å². The summed E-state index contributed by atoms with van der Waals surface area (Å²) >= 11 is 0. The molecule has 1 rings (SSSR count). The number of aryl methyl sites for hydroxylation is 1. The zero-order valence-electron chi connectivity index (χ0n) is 8.95. The molecule has 0 aliphatic heterocycles. The van der Waals surface area contributed by atoms with Crippen LogP contribution in [0, 0.1) is 6.92 Å². The Labute approximate surface area is 89.1 Å². The van der Waals surface area contributed by atoms with Gasteiger partial charge in [-0.05, 0) is 36.6 Å². The topological polar surface area (TPSA) is 75.4 Å². The zero-order valence-corrected chi connectivity index (χ0v) is 8.95. The van der Waals surface area contributed by atoms with Crippen molar-refractivity contribution in [1.82, 2.24) is 5.32 Å². The molecule has 1 atom stereocenters. The van der Waals surface area contributed by atoms with Crippen LogP contribution >= 0.6 is 0 Å². The summed E-state index contributed by atoms with van der Waals surface area (Å²) in [5, 5.41) is 11.7. The molecule has 4 nitrogen and oxygen atoms in total. The molecule has 0 saturated heterocycles. The van der Waals surface area contributed by atoms with Gasteiger partial charge in [0.05, 0.1) is 6.04 Å². The third-order valence-electron chi connectivity index (χ3n) is 2.35. The maximum Gasteiger partial charge on any atom is 0.237 e. The lowest BCUT2D eigenvalue weighted by Crippen LogP contribution is -2.40. The van der Waals surface area contributed by atoms with E-state index in [-0.39, 0.29) is 11.7 Å². The highest BCUT2D eigenvalue weighted by Crippen LogP contribution is 2.16. The number of nitrogens with one attached hydrogen (secondary N) is 1. The quantitative estimate of drug-likeness (QED) is 0.669. The fourth-order valence-corrected chi connectivity index (χ4v) is 1.42. The van der Waals surface area contributed by atoms with Gasteiger partial charge in [0.1, 0.15) is 5.75 Å². The number of hydrogen-bond acceptors (Lipinski definition) is 3. The Balaban J connectivity index is 2.76. The van der Waals surface area contributed by atoms with E-state index in [2.05, 4.69) is 5.32 Å². The minimum Gasteiger partial charge on any atom is -0.508 e.